The lowest BCUT2D eigenvalue weighted by Gasteiger charge is -2.27. The Kier molecular flexibility index (Phi) is 5.98. The molecule has 2 fully saturated rings. The van der Waals surface area contributed by atoms with Crippen molar-refractivity contribution in [1.29, 1.82) is 0 Å². The van der Waals surface area contributed by atoms with E-state index >= 15 is 0 Å². The molecular formula is C25H30N2O2. The van der Waals surface area contributed by atoms with E-state index < -0.39 is 0 Å². The summed E-state index contributed by atoms with van der Waals surface area (Å²) in [4.78, 5) is 27.3. The summed E-state index contributed by atoms with van der Waals surface area (Å²) in [6, 6.07) is 16.6. The Hall–Kier alpha value is -2.62. The summed E-state index contributed by atoms with van der Waals surface area (Å²) in [7, 11) is 0. The van der Waals surface area contributed by atoms with Gasteiger partial charge in [-0.25, -0.2) is 0 Å². The predicted molar refractivity (Wildman–Crippen MR) is 116 cm³/mol. The average molecular weight is 391 g/mol. The molecule has 4 nitrogen and oxygen atoms in total. The normalized spacial score (nSPS) is 16.6. The molecule has 0 radical (unpaired) electrons. The topological polar surface area (TPSA) is 49.4 Å². The first kappa shape index (κ1) is 19.7. The molecule has 0 spiro atoms. The van der Waals surface area contributed by atoms with Gasteiger partial charge < -0.3 is 10.2 Å². The molecular weight excluding hydrogens is 360 g/mol. The molecule has 0 aliphatic heterocycles. The number of amides is 2. The first-order valence-electron chi connectivity index (χ1n) is 10.8. The second kappa shape index (κ2) is 8.81. The molecule has 2 aromatic rings. The second-order valence-corrected chi connectivity index (χ2v) is 8.52. The van der Waals surface area contributed by atoms with Gasteiger partial charge in [0.05, 0.1) is 13.0 Å². The minimum absolute atomic E-state index is 0.0825. The van der Waals surface area contributed by atoms with Crippen LogP contribution < -0.4 is 10.2 Å². The Morgan fingerprint density at radius 1 is 0.966 bits per heavy atom. The lowest BCUT2D eigenvalue weighted by molar-refractivity contribution is -0.122. The monoisotopic (exact) mass is 390 g/mol. The standard InChI is InChI=1S/C25H30N2O2/c1-18-6-2-3-9-21(18)17-27(25(29)20-7-4-5-8-20)23-14-10-19(11-15-23)16-24(28)26-22-12-13-22/h2-3,6,9-11,14-15,20,22H,4-5,7-8,12-13,16-17H2,1H3,(H,26,28). The zero-order chi connectivity index (χ0) is 20.2. The van der Waals surface area contributed by atoms with E-state index in [4.69, 9.17) is 0 Å². The van der Waals surface area contributed by atoms with Crippen LogP contribution in [0, 0.1) is 12.8 Å². The number of hydrogen-bond acceptors (Lipinski definition) is 2. The van der Waals surface area contributed by atoms with Gasteiger partial charge in [-0.15, -0.1) is 0 Å². The fraction of sp³-hybridized carbons (Fsp3) is 0.440. The van der Waals surface area contributed by atoms with E-state index in [-0.39, 0.29) is 17.7 Å². The third-order valence-corrected chi connectivity index (χ3v) is 6.12. The smallest absolute Gasteiger partial charge is 0.230 e. The van der Waals surface area contributed by atoms with Gasteiger partial charge in [0.25, 0.3) is 0 Å². The zero-order valence-electron chi connectivity index (χ0n) is 17.2. The van der Waals surface area contributed by atoms with Crippen molar-refractivity contribution in [2.45, 2.75) is 64.5 Å². The van der Waals surface area contributed by atoms with Crippen LogP contribution in [-0.4, -0.2) is 17.9 Å². The van der Waals surface area contributed by atoms with Gasteiger partial charge in [-0.1, -0.05) is 49.2 Å². The largest absolute Gasteiger partial charge is 0.353 e. The second-order valence-electron chi connectivity index (χ2n) is 8.52. The third-order valence-electron chi connectivity index (χ3n) is 6.12. The molecule has 2 aliphatic carbocycles. The fourth-order valence-electron chi connectivity index (χ4n) is 4.13. The Morgan fingerprint density at radius 2 is 1.66 bits per heavy atom. The Bertz CT molecular complexity index is 865. The first-order chi connectivity index (χ1) is 14.1. The molecule has 0 bridgehead atoms. The summed E-state index contributed by atoms with van der Waals surface area (Å²) in [5, 5.41) is 3.03. The summed E-state index contributed by atoms with van der Waals surface area (Å²) in [5.74, 6) is 0.437. The highest BCUT2D eigenvalue weighted by molar-refractivity contribution is 5.95. The van der Waals surface area contributed by atoms with E-state index in [1.165, 1.54) is 11.1 Å². The van der Waals surface area contributed by atoms with Gasteiger partial charge in [0.2, 0.25) is 11.8 Å². The van der Waals surface area contributed by atoms with E-state index in [1.54, 1.807) is 0 Å². The Labute approximate surface area is 173 Å². The van der Waals surface area contributed by atoms with E-state index in [0.29, 0.717) is 19.0 Å². The number of benzene rings is 2. The zero-order valence-corrected chi connectivity index (χ0v) is 17.2. The molecule has 2 aliphatic rings. The highest BCUT2D eigenvalue weighted by Crippen LogP contribution is 2.30. The summed E-state index contributed by atoms with van der Waals surface area (Å²) in [6.07, 6.45) is 6.85. The van der Waals surface area contributed by atoms with Crippen LogP contribution in [0.4, 0.5) is 5.69 Å². The predicted octanol–water partition coefficient (Wildman–Crippen LogP) is 4.54. The van der Waals surface area contributed by atoms with Crippen molar-refractivity contribution in [3.63, 3.8) is 0 Å². The first-order valence-corrected chi connectivity index (χ1v) is 10.8. The summed E-state index contributed by atoms with van der Waals surface area (Å²) >= 11 is 0. The van der Waals surface area contributed by atoms with Gasteiger partial charge in [-0.3, -0.25) is 9.59 Å². The van der Waals surface area contributed by atoms with Crippen LogP contribution in [-0.2, 0) is 22.6 Å². The number of rotatable bonds is 7. The molecule has 0 saturated heterocycles. The average Bonchev–Trinajstić information content (AvgIpc) is 3.35. The molecule has 4 heteroatoms. The molecule has 29 heavy (non-hydrogen) atoms. The van der Waals surface area contributed by atoms with Crippen molar-refractivity contribution in [2.24, 2.45) is 5.92 Å². The van der Waals surface area contributed by atoms with Crippen LogP contribution in [0.1, 0.15) is 55.2 Å². The van der Waals surface area contributed by atoms with Crippen molar-refractivity contribution in [2.75, 3.05) is 4.90 Å². The van der Waals surface area contributed by atoms with Crippen LogP contribution in [0.5, 0.6) is 0 Å². The summed E-state index contributed by atoms with van der Waals surface area (Å²) in [5.41, 5.74) is 4.27. The van der Waals surface area contributed by atoms with Crippen LogP contribution in [0.2, 0.25) is 0 Å². The summed E-state index contributed by atoms with van der Waals surface area (Å²) in [6.45, 7) is 2.68. The van der Waals surface area contributed by atoms with Crippen molar-refractivity contribution >= 4 is 17.5 Å². The van der Waals surface area contributed by atoms with Crippen LogP contribution in [0.3, 0.4) is 0 Å². The van der Waals surface area contributed by atoms with Crippen molar-refractivity contribution < 1.29 is 9.59 Å². The molecule has 0 unspecified atom stereocenters. The highest BCUT2D eigenvalue weighted by Gasteiger charge is 2.28. The molecule has 152 valence electrons. The maximum Gasteiger partial charge on any atom is 0.230 e. The molecule has 4 rings (SSSR count). The number of anilines is 1. The Balaban J connectivity index is 1.52. The third kappa shape index (κ3) is 5.06. The van der Waals surface area contributed by atoms with E-state index in [1.807, 2.05) is 41.3 Å². The molecule has 2 amide bonds. The van der Waals surface area contributed by atoms with Crippen LogP contribution in [0.25, 0.3) is 0 Å². The molecule has 0 heterocycles. The minimum Gasteiger partial charge on any atom is -0.353 e. The van der Waals surface area contributed by atoms with Crippen molar-refractivity contribution in [3.05, 3.63) is 65.2 Å². The maximum atomic E-state index is 13.3. The fourth-order valence-corrected chi connectivity index (χ4v) is 4.13. The van der Waals surface area contributed by atoms with Crippen molar-refractivity contribution in [3.8, 4) is 0 Å². The van der Waals surface area contributed by atoms with E-state index in [2.05, 4.69) is 24.4 Å². The lowest BCUT2D eigenvalue weighted by Crippen LogP contribution is -2.35. The van der Waals surface area contributed by atoms with E-state index in [0.717, 1.165) is 49.8 Å². The van der Waals surface area contributed by atoms with Gasteiger partial charge in [-0.2, -0.15) is 0 Å². The number of nitrogens with zero attached hydrogens (tertiary/aromatic N) is 1. The van der Waals surface area contributed by atoms with Crippen LogP contribution in [0.15, 0.2) is 48.5 Å². The number of hydrogen-bond donors (Lipinski definition) is 1. The van der Waals surface area contributed by atoms with Gasteiger partial charge in [0, 0.05) is 17.6 Å². The molecule has 2 aromatic carbocycles. The molecule has 0 atom stereocenters. The SMILES string of the molecule is Cc1ccccc1CN(C(=O)C1CCCC1)c1ccc(CC(=O)NC2CC2)cc1. The molecule has 0 aromatic heterocycles. The minimum atomic E-state index is 0.0825. The quantitative estimate of drug-likeness (QED) is 0.755. The van der Waals surface area contributed by atoms with Crippen LogP contribution >= 0.6 is 0 Å². The highest BCUT2D eigenvalue weighted by atomic mass is 16.2. The number of carbonyl (C=O) groups is 2. The molecule has 1 N–H and O–H groups in total. The van der Waals surface area contributed by atoms with Gasteiger partial charge in [0.1, 0.15) is 0 Å². The Morgan fingerprint density at radius 3 is 2.31 bits per heavy atom. The maximum absolute atomic E-state index is 13.3. The van der Waals surface area contributed by atoms with E-state index in [9.17, 15) is 9.59 Å². The number of aryl methyl sites for hydroxylation is 1. The number of nitrogens with one attached hydrogen (secondary N) is 1. The number of carbonyl (C=O) groups excluding carboxylic acids is 2. The van der Waals surface area contributed by atoms with Gasteiger partial charge in [-0.05, 0) is 61.4 Å². The van der Waals surface area contributed by atoms with Crippen molar-refractivity contribution in [1.82, 2.24) is 5.32 Å². The van der Waals surface area contributed by atoms with Gasteiger partial charge >= 0.3 is 0 Å². The van der Waals surface area contributed by atoms with Gasteiger partial charge in [0.15, 0.2) is 0 Å². The lowest BCUT2D eigenvalue weighted by atomic mass is 10.0. The summed E-state index contributed by atoms with van der Waals surface area (Å²) < 4.78 is 0. The molecule has 2 saturated carbocycles.